The standard InChI is InChI=1S/C20H19N7/c1-14-7-9-16(10-8-14)27-20(23)17(13-22)18(26-27)5-3-11-24-19-6-2-4-15(12-21)25-19/h2,4,6-10H,3,5,11,23H2,1H3,(H,24,25). The van der Waals surface area contributed by atoms with Crippen LogP contribution in [0.15, 0.2) is 42.5 Å². The third-order valence-corrected chi connectivity index (χ3v) is 4.14. The molecule has 0 aliphatic carbocycles. The van der Waals surface area contributed by atoms with Crippen LogP contribution in [-0.2, 0) is 6.42 Å². The van der Waals surface area contributed by atoms with Crippen LogP contribution in [0.3, 0.4) is 0 Å². The number of anilines is 2. The van der Waals surface area contributed by atoms with E-state index >= 15 is 0 Å². The van der Waals surface area contributed by atoms with E-state index in [0.29, 0.717) is 41.6 Å². The number of nitriles is 2. The van der Waals surface area contributed by atoms with Gasteiger partial charge in [-0.2, -0.15) is 15.6 Å². The molecule has 7 nitrogen and oxygen atoms in total. The summed E-state index contributed by atoms with van der Waals surface area (Å²) in [7, 11) is 0. The van der Waals surface area contributed by atoms with E-state index in [0.717, 1.165) is 17.7 Å². The SMILES string of the molecule is Cc1ccc(-n2nc(CCCNc3cccc(C#N)n3)c(C#N)c2N)cc1. The van der Waals surface area contributed by atoms with Gasteiger partial charge in [-0.05, 0) is 44.0 Å². The molecule has 2 heterocycles. The first-order valence-corrected chi connectivity index (χ1v) is 8.58. The number of aryl methyl sites for hydroxylation is 2. The monoisotopic (exact) mass is 357 g/mol. The minimum Gasteiger partial charge on any atom is -0.382 e. The first-order valence-electron chi connectivity index (χ1n) is 8.58. The molecule has 27 heavy (non-hydrogen) atoms. The second-order valence-electron chi connectivity index (χ2n) is 6.12. The Morgan fingerprint density at radius 3 is 2.59 bits per heavy atom. The van der Waals surface area contributed by atoms with Crippen LogP contribution in [0.2, 0.25) is 0 Å². The van der Waals surface area contributed by atoms with E-state index in [9.17, 15) is 5.26 Å². The van der Waals surface area contributed by atoms with Gasteiger partial charge < -0.3 is 11.1 Å². The zero-order valence-corrected chi connectivity index (χ0v) is 15.0. The largest absolute Gasteiger partial charge is 0.382 e. The van der Waals surface area contributed by atoms with Crippen molar-refractivity contribution in [3.05, 3.63) is 65.0 Å². The van der Waals surface area contributed by atoms with Crippen LogP contribution in [0, 0.1) is 29.6 Å². The van der Waals surface area contributed by atoms with Crippen LogP contribution in [0.4, 0.5) is 11.6 Å². The highest BCUT2D eigenvalue weighted by molar-refractivity contribution is 5.56. The highest BCUT2D eigenvalue weighted by atomic mass is 15.3. The van der Waals surface area contributed by atoms with Gasteiger partial charge in [0.05, 0.1) is 11.4 Å². The van der Waals surface area contributed by atoms with Crippen molar-refractivity contribution in [1.82, 2.24) is 14.8 Å². The van der Waals surface area contributed by atoms with Crippen LogP contribution in [0.25, 0.3) is 5.69 Å². The highest BCUT2D eigenvalue weighted by Crippen LogP contribution is 2.22. The minimum absolute atomic E-state index is 0.354. The van der Waals surface area contributed by atoms with Crippen molar-refractivity contribution in [3.8, 4) is 17.8 Å². The Morgan fingerprint density at radius 2 is 1.89 bits per heavy atom. The van der Waals surface area contributed by atoms with Crippen LogP contribution in [-0.4, -0.2) is 21.3 Å². The van der Waals surface area contributed by atoms with Crippen LogP contribution in [0.5, 0.6) is 0 Å². The Morgan fingerprint density at radius 1 is 1.11 bits per heavy atom. The lowest BCUT2D eigenvalue weighted by Crippen LogP contribution is -2.06. The first kappa shape index (κ1) is 18.0. The fraction of sp³-hybridized carbons (Fsp3) is 0.200. The molecule has 0 fully saturated rings. The number of rotatable bonds is 6. The van der Waals surface area contributed by atoms with Crippen LogP contribution in [0.1, 0.15) is 28.9 Å². The summed E-state index contributed by atoms with van der Waals surface area (Å²) in [6, 6.07) is 17.2. The molecular weight excluding hydrogens is 338 g/mol. The van der Waals surface area contributed by atoms with Crippen molar-refractivity contribution in [2.45, 2.75) is 19.8 Å². The summed E-state index contributed by atoms with van der Waals surface area (Å²) < 4.78 is 1.61. The Labute approximate surface area is 157 Å². The molecule has 0 aliphatic rings. The van der Waals surface area contributed by atoms with Crippen molar-refractivity contribution >= 4 is 11.6 Å². The van der Waals surface area contributed by atoms with E-state index in [1.165, 1.54) is 0 Å². The predicted molar refractivity (Wildman–Crippen MR) is 103 cm³/mol. The summed E-state index contributed by atoms with van der Waals surface area (Å²) in [5.41, 5.74) is 9.57. The molecule has 0 atom stereocenters. The van der Waals surface area contributed by atoms with Crippen LogP contribution >= 0.6 is 0 Å². The van der Waals surface area contributed by atoms with Gasteiger partial charge in [0.25, 0.3) is 0 Å². The number of nitrogens with two attached hydrogens (primary N) is 1. The van der Waals surface area contributed by atoms with E-state index in [1.807, 2.05) is 43.3 Å². The first-order chi connectivity index (χ1) is 13.1. The van der Waals surface area contributed by atoms with E-state index in [-0.39, 0.29) is 0 Å². The van der Waals surface area contributed by atoms with Gasteiger partial charge in [-0.1, -0.05) is 23.8 Å². The number of hydrogen-bond acceptors (Lipinski definition) is 6. The molecule has 0 radical (unpaired) electrons. The quantitative estimate of drug-likeness (QED) is 0.655. The molecule has 3 rings (SSSR count). The van der Waals surface area contributed by atoms with Crippen molar-refractivity contribution in [1.29, 1.82) is 10.5 Å². The molecule has 2 aromatic heterocycles. The normalized spacial score (nSPS) is 10.2. The van der Waals surface area contributed by atoms with Gasteiger partial charge in [0.2, 0.25) is 0 Å². The number of nitrogens with one attached hydrogen (secondary N) is 1. The Bertz CT molecular complexity index is 1020. The maximum Gasteiger partial charge on any atom is 0.145 e. The summed E-state index contributed by atoms with van der Waals surface area (Å²) >= 11 is 0. The van der Waals surface area contributed by atoms with Gasteiger partial charge in [0, 0.05) is 6.54 Å². The summed E-state index contributed by atoms with van der Waals surface area (Å²) in [5, 5.41) is 26.1. The summed E-state index contributed by atoms with van der Waals surface area (Å²) in [5.74, 6) is 1.01. The highest BCUT2D eigenvalue weighted by Gasteiger charge is 2.16. The van der Waals surface area contributed by atoms with Crippen molar-refractivity contribution in [2.75, 3.05) is 17.6 Å². The maximum absolute atomic E-state index is 9.46. The molecule has 0 saturated heterocycles. The summed E-state index contributed by atoms with van der Waals surface area (Å²) in [6.07, 6.45) is 1.36. The van der Waals surface area contributed by atoms with Crippen LogP contribution < -0.4 is 11.1 Å². The molecule has 1 aromatic carbocycles. The lowest BCUT2D eigenvalue weighted by atomic mass is 10.1. The molecule has 0 aliphatic heterocycles. The van der Waals surface area contributed by atoms with E-state index < -0.39 is 0 Å². The number of aromatic nitrogens is 3. The zero-order valence-electron chi connectivity index (χ0n) is 15.0. The minimum atomic E-state index is 0.354. The van der Waals surface area contributed by atoms with Crippen molar-refractivity contribution in [2.24, 2.45) is 0 Å². The van der Waals surface area contributed by atoms with Gasteiger partial charge >= 0.3 is 0 Å². The van der Waals surface area contributed by atoms with Gasteiger partial charge in [-0.15, -0.1) is 0 Å². The zero-order chi connectivity index (χ0) is 19.2. The lowest BCUT2D eigenvalue weighted by Gasteiger charge is -2.05. The molecule has 0 bridgehead atoms. The van der Waals surface area contributed by atoms with Gasteiger partial charge in [0.1, 0.15) is 35.0 Å². The third-order valence-electron chi connectivity index (χ3n) is 4.14. The fourth-order valence-corrected chi connectivity index (χ4v) is 2.73. The average molecular weight is 357 g/mol. The molecule has 0 amide bonds. The molecule has 3 aromatic rings. The molecule has 3 N–H and O–H groups in total. The van der Waals surface area contributed by atoms with Gasteiger partial charge in [-0.3, -0.25) is 0 Å². The smallest absolute Gasteiger partial charge is 0.145 e. The molecule has 0 unspecified atom stereocenters. The molecule has 0 spiro atoms. The van der Waals surface area contributed by atoms with E-state index in [4.69, 9.17) is 11.0 Å². The number of pyridine rings is 1. The summed E-state index contributed by atoms with van der Waals surface area (Å²) in [4.78, 5) is 4.17. The number of benzene rings is 1. The van der Waals surface area contributed by atoms with Crippen molar-refractivity contribution in [3.63, 3.8) is 0 Å². The molecule has 7 heteroatoms. The van der Waals surface area contributed by atoms with Gasteiger partial charge in [0.15, 0.2) is 0 Å². The predicted octanol–water partition coefficient (Wildman–Crippen LogP) is 2.95. The van der Waals surface area contributed by atoms with Gasteiger partial charge in [-0.25, -0.2) is 9.67 Å². The summed E-state index contributed by atoms with van der Waals surface area (Å²) in [6.45, 7) is 2.65. The number of nitrogen functional groups attached to an aromatic ring is 1. The average Bonchev–Trinajstić information content (AvgIpc) is 3.01. The molecular formula is C20H19N7. The third kappa shape index (κ3) is 4.05. The van der Waals surface area contributed by atoms with Crippen molar-refractivity contribution < 1.29 is 0 Å². The Hall–Kier alpha value is -3.84. The topological polar surface area (TPSA) is 116 Å². The lowest BCUT2D eigenvalue weighted by molar-refractivity contribution is 0.789. The van der Waals surface area contributed by atoms with E-state index in [1.54, 1.807) is 16.8 Å². The number of nitrogens with zero attached hydrogens (tertiary/aromatic N) is 5. The molecule has 0 saturated carbocycles. The molecule has 134 valence electrons. The second kappa shape index (κ2) is 8.03. The maximum atomic E-state index is 9.46. The van der Waals surface area contributed by atoms with E-state index in [2.05, 4.69) is 21.5 Å². The second-order valence-corrected chi connectivity index (χ2v) is 6.12. The fourth-order valence-electron chi connectivity index (χ4n) is 2.73. The number of hydrogen-bond donors (Lipinski definition) is 2. The Kier molecular flexibility index (Phi) is 5.34. The Balaban J connectivity index is 1.68.